The van der Waals surface area contributed by atoms with E-state index in [4.69, 9.17) is 5.73 Å². The fourth-order valence-corrected chi connectivity index (χ4v) is 2.01. The molecule has 1 unspecified atom stereocenters. The molecule has 0 spiro atoms. The number of likely N-dealkylation sites (N-methyl/N-ethyl adjacent to an activating group) is 1. The number of hydrogen-bond donors (Lipinski definition) is 3. The Hall–Kier alpha value is -1.77. The van der Waals surface area contributed by atoms with E-state index in [2.05, 4.69) is 20.5 Å². The number of primary amides is 1. The standard InChI is InChI=1S/C10H18N6O2S/c1-16(5-8-12-6-13-15-8)9(17)7(3-4-19-2)14-10(11)18/h6-7H,3-5H2,1-2H3,(H3,11,14,18)(H,12,13,15). The lowest BCUT2D eigenvalue weighted by molar-refractivity contribution is -0.132. The van der Waals surface area contributed by atoms with Crippen LogP contribution in [0.3, 0.4) is 0 Å². The maximum Gasteiger partial charge on any atom is 0.312 e. The smallest absolute Gasteiger partial charge is 0.312 e. The van der Waals surface area contributed by atoms with Gasteiger partial charge < -0.3 is 16.0 Å². The Morgan fingerprint density at radius 1 is 1.63 bits per heavy atom. The molecule has 1 aromatic heterocycles. The Labute approximate surface area is 115 Å². The van der Waals surface area contributed by atoms with E-state index in [9.17, 15) is 9.59 Å². The Bertz CT molecular complexity index is 410. The molecule has 106 valence electrons. The minimum absolute atomic E-state index is 0.204. The third kappa shape index (κ3) is 5.16. The number of rotatable bonds is 7. The summed E-state index contributed by atoms with van der Waals surface area (Å²) >= 11 is 1.60. The minimum atomic E-state index is -0.701. The maximum atomic E-state index is 12.2. The number of carbonyl (C=O) groups excluding carboxylic acids is 2. The minimum Gasteiger partial charge on any atom is -0.352 e. The molecule has 0 aliphatic heterocycles. The van der Waals surface area contributed by atoms with Crippen LogP contribution >= 0.6 is 11.8 Å². The third-order valence-corrected chi connectivity index (χ3v) is 3.10. The van der Waals surface area contributed by atoms with E-state index < -0.39 is 12.1 Å². The number of nitrogens with two attached hydrogens (primary N) is 1. The third-order valence-electron chi connectivity index (χ3n) is 2.45. The Balaban J connectivity index is 2.60. The number of aromatic nitrogens is 3. The molecule has 0 saturated heterocycles. The van der Waals surface area contributed by atoms with Gasteiger partial charge in [-0.05, 0) is 18.4 Å². The molecule has 1 aromatic rings. The molecule has 0 fully saturated rings. The van der Waals surface area contributed by atoms with Crippen LogP contribution in [0.2, 0.25) is 0 Å². The summed E-state index contributed by atoms with van der Waals surface area (Å²) in [6.07, 6.45) is 3.84. The number of H-pyrrole nitrogens is 1. The first-order valence-corrected chi connectivity index (χ1v) is 7.08. The molecule has 1 heterocycles. The summed E-state index contributed by atoms with van der Waals surface area (Å²) in [7, 11) is 1.64. The van der Waals surface area contributed by atoms with Crippen molar-refractivity contribution < 1.29 is 9.59 Å². The Morgan fingerprint density at radius 2 is 2.37 bits per heavy atom. The van der Waals surface area contributed by atoms with E-state index in [0.717, 1.165) is 5.75 Å². The molecule has 9 heteroatoms. The molecule has 0 aromatic carbocycles. The first-order valence-electron chi connectivity index (χ1n) is 5.68. The van der Waals surface area contributed by atoms with E-state index in [1.165, 1.54) is 11.2 Å². The Morgan fingerprint density at radius 3 is 2.89 bits per heavy atom. The zero-order valence-corrected chi connectivity index (χ0v) is 11.7. The van der Waals surface area contributed by atoms with Gasteiger partial charge in [-0.1, -0.05) is 0 Å². The quantitative estimate of drug-likeness (QED) is 0.628. The zero-order valence-electron chi connectivity index (χ0n) is 10.9. The zero-order chi connectivity index (χ0) is 14.3. The van der Waals surface area contributed by atoms with Crippen LogP contribution in [0.15, 0.2) is 6.33 Å². The summed E-state index contributed by atoms with van der Waals surface area (Å²) in [6.45, 7) is 0.301. The number of aromatic amines is 1. The SMILES string of the molecule is CSCCC(NC(N)=O)C(=O)N(C)Cc1ncn[nH]1. The normalized spacial score (nSPS) is 11.9. The first-order chi connectivity index (χ1) is 9.04. The van der Waals surface area contributed by atoms with Crippen LogP contribution in [0.5, 0.6) is 0 Å². The second-order valence-electron chi connectivity index (χ2n) is 3.97. The lowest BCUT2D eigenvalue weighted by Gasteiger charge is -2.23. The molecule has 0 bridgehead atoms. The van der Waals surface area contributed by atoms with E-state index in [1.54, 1.807) is 18.8 Å². The van der Waals surface area contributed by atoms with E-state index in [1.807, 2.05) is 6.26 Å². The first kappa shape index (κ1) is 15.3. The van der Waals surface area contributed by atoms with Crippen molar-refractivity contribution in [3.05, 3.63) is 12.2 Å². The second kappa shape index (κ2) is 7.62. The maximum absolute atomic E-state index is 12.2. The number of urea groups is 1. The molecule has 1 atom stereocenters. The van der Waals surface area contributed by atoms with E-state index in [0.29, 0.717) is 18.8 Å². The summed E-state index contributed by atoms with van der Waals surface area (Å²) < 4.78 is 0. The van der Waals surface area contributed by atoms with Gasteiger partial charge in [-0.2, -0.15) is 16.9 Å². The largest absolute Gasteiger partial charge is 0.352 e. The van der Waals surface area contributed by atoms with Gasteiger partial charge in [-0.15, -0.1) is 0 Å². The lowest BCUT2D eigenvalue weighted by atomic mass is 10.2. The number of nitrogens with one attached hydrogen (secondary N) is 2. The summed E-state index contributed by atoms with van der Waals surface area (Å²) in [4.78, 5) is 28.5. The van der Waals surface area contributed by atoms with Crippen molar-refractivity contribution in [2.24, 2.45) is 5.73 Å². The van der Waals surface area contributed by atoms with Crippen LogP contribution in [-0.4, -0.2) is 57.1 Å². The average molecular weight is 286 g/mol. The number of amides is 3. The number of carbonyl (C=O) groups is 2. The van der Waals surface area contributed by atoms with Crippen LogP contribution in [-0.2, 0) is 11.3 Å². The van der Waals surface area contributed by atoms with Gasteiger partial charge in [0.05, 0.1) is 6.54 Å². The molecule has 0 aliphatic rings. The monoisotopic (exact) mass is 286 g/mol. The highest BCUT2D eigenvalue weighted by molar-refractivity contribution is 7.98. The van der Waals surface area contributed by atoms with Crippen molar-refractivity contribution in [1.82, 2.24) is 25.4 Å². The van der Waals surface area contributed by atoms with Crippen molar-refractivity contribution in [3.63, 3.8) is 0 Å². The second-order valence-corrected chi connectivity index (χ2v) is 4.95. The highest BCUT2D eigenvalue weighted by Gasteiger charge is 2.23. The highest BCUT2D eigenvalue weighted by atomic mass is 32.2. The summed E-state index contributed by atoms with van der Waals surface area (Å²) in [5.74, 6) is 1.13. The highest BCUT2D eigenvalue weighted by Crippen LogP contribution is 2.05. The van der Waals surface area contributed by atoms with Crippen LogP contribution in [0, 0.1) is 0 Å². The van der Waals surface area contributed by atoms with Crippen LogP contribution < -0.4 is 11.1 Å². The fraction of sp³-hybridized carbons (Fsp3) is 0.600. The lowest BCUT2D eigenvalue weighted by Crippen LogP contribution is -2.49. The van der Waals surface area contributed by atoms with Gasteiger partial charge in [-0.3, -0.25) is 9.89 Å². The number of hydrogen-bond acceptors (Lipinski definition) is 5. The molecule has 0 radical (unpaired) electrons. The van der Waals surface area contributed by atoms with Crippen molar-refractivity contribution in [1.29, 1.82) is 0 Å². The predicted octanol–water partition coefficient (Wildman–Crippen LogP) is -0.447. The summed E-state index contributed by atoms with van der Waals surface area (Å²) in [5, 5.41) is 8.85. The predicted molar refractivity (Wildman–Crippen MR) is 72.4 cm³/mol. The molecule has 0 saturated carbocycles. The molecule has 8 nitrogen and oxygen atoms in total. The topological polar surface area (TPSA) is 117 Å². The van der Waals surface area contributed by atoms with Crippen molar-refractivity contribution in [2.45, 2.75) is 19.0 Å². The molecular formula is C10H18N6O2S. The number of nitrogens with zero attached hydrogens (tertiary/aromatic N) is 3. The van der Waals surface area contributed by atoms with Gasteiger partial charge in [0, 0.05) is 7.05 Å². The van der Waals surface area contributed by atoms with Crippen molar-refractivity contribution >= 4 is 23.7 Å². The molecule has 4 N–H and O–H groups in total. The van der Waals surface area contributed by atoms with Gasteiger partial charge in [0.15, 0.2) is 0 Å². The Kier molecular flexibility index (Phi) is 6.13. The molecular weight excluding hydrogens is 268 g/mol. The molecule has 0 aliphatic carbocycles. The van der Waals surface area contributed by atoms with E-state index in [-0.39, 0.29) is 5.91 Å². The van der Waals surface area contributed by atoms with Gasteiger partial charge >= 0.3 is 6.03 Å². The van der Waals surface area contributed by atoms with Gasteiger partial charge in [0.25, 0.3) is 0 Å². The van der Waals surface area contributed by atoms with Crippen LogP contribution in [0.25, 0.3) is 0 Å². The van der Waals surface area contributed by atoms with Crippen LogP contribution in [0.4, 0.5) is 4.79 Å². The van der Waals surface area contributed by atoms with E-state index >= 15 is 0 Å². The van der Waals surface area contributed by atoms with Gasteiger partial charge in [-0.25, -0.2) is 9.78 Å². The van der Waals surface area contributed by atoms with Crippen LogP contribution in [0.1, 0.15) is 12.2 Å². The fourth-order valence-electron chi connectivity index (χ4n) is 1.54. The van der Waals surface area contributed by atoms with Gasteiger partial charge in [0.2, 0.25) is 5.91 Å². The number of thioether (sulfide) groups is 1. The summed E-state index contributed by atoms with van der Waals surface area (Å²) in [5.41, 5.74) is 5.08. The van der Waals surface area contributed by atoms with Gasteiger partial charge in [0.1, 0.15) is 18.2 Å². The molecule has 3 amide bonds. The molecule has 1 rings (SSSR count). The summed E-state index contributed by atoms with van der Waals surface area (Å²) in [6, 6.07) is -1.31. The van der Waals surface area contributed by atoms with Crippen molar-refractivity contribution in [3.8, 4) is 0 Å². The molecule has 19 heavy (non-hydrogen) atoms. The van der Waals surface area contributed by atoms with Crippen molar-refractivity contribution in [2.75, 3.05) is 19.1 Å². The average Bonchev–Trinajstić information content (AvgIpc) is 2.85.